The van der Waals surface area contributed by atoms with Gasteiger partial charge in [0.25, 0.3) is 0 Å². The highest BCUT2D eigenvalue weighted by Crippen LogP contribution is 2.22. The van der Waals surface area contributed by atoms with Crippen LogP contribution in [0.2, 0.25) is 0 Å². The molecule has 2 nitrogen and oxygen atoms in total. The molecular weight excluding hydrogens is 385 g/mol. The minimum atomic E-state index is -0.221. The fraction of sp³-hybridized carbons (Fsp3) is 0.312. The van der Waals surface area contributed by atoms with Gasteiger partial charge in [-0.15, -0.1) is 23.1 Å². The largest absolute Gasteiger partial charge is 0.341 e. The molecule has 0 aliphatic rings. The Morgan fingerprint density at radius 3 is 2.73 bits per heavy atom. The first-order chi connectivity index (χ1) is 10.5. The molecule has 0 aliphatic carbocycles. The van der Waals surface area contributed by atoms with Gasteiger partial charge >= 0.3 is 0 Å². The van der Waals surface area contributed by atoms with Crippen molar-refractivity contribution < 1.29 is 9.18 Å². The van der Waals surface area contributed by atoms with E-state index in [0.29, 0.717) is 13.0 Å². The molecular formula is C16H17BrFNOS2. The Morgan fingerprint density at radius 1 is 1.36 bits per heavy atom. The summed E-state index contributed by atoms with van der Waals surface area (Å²) < 4.78 is 13.8. The fourth-order valence-corrected chi connectivity index (χ4v) is 4.25. The van der Waals surface area contributed by atoms with Gasteiger partial charge in [0.15, 0.2) is 0 Å². The lowest BCUT2D eigenvalue weighted by molar-refractivity contribution is -0.130. The number of rotatable bonds is 7. The monoisotopic (exact) mass is 401 g/mol. The molecule has 118 valence electrons. The molecule has 1 amide bonds. The molecule has 1 aromatic heterocycles. The van der Waals surface area contributed by atoms with E-state index in [1.54, 1.807) is 40.1 Å². The molecule has 1 heterocycles. The summed E-state index contributed by atoms with van der Waals surface area (Å²) in [5.74, 6) is 0.793. The highest BCUT2D eigenvalue weighted by atomic mass is 79.9. The van der Waals surface area contributed by atoms with Gasteiger partial charge in [-0.2, -0.15) is 0 Å². The van der Waals surface area contributed by atoms with Crippen LogP contribution in [0.4, 0.5) is 4.39 Å². The molecule has 0 radical (unpaired) electrons. The zero-order valence-corrected chi connectivity index (χ0v) is 15.4. The van der Waals surface area contributed by atoms with E-state index < -0.39 is 0 Å². The van der Waals surface area contributed by atoms with Crippen molar-refractivity contribution in [3.63, 3.8) is 0 Å². The van der Waals surface area contributed by atoms with E-state index in [4.69, 9.17) is 0 Å². The third-order valence-electron chi connectivity index (χ3n) is 3.06. The summed E-state index contributed by atoms with van der Waals surface area (Å²) in [5, 5.41) is 2.02. The first-order valence-electron chi connectivity index (χ1n) is 6.90. The van der Waals surface area contributed by atoms with Crippen molar-refractivity contribution >= 4 is 44.9 Å². The predicted molar refractivity (Wildman–Crippen MR) is 94.9 cm³/mol. The molecule has 0 fully saturated rings. The summed E-state index contributed by atoms with van der Waals surface area (Å²) in [6.07, 6.45) is 1.36. The number of carbonyl (C=O) groups excluding carboxylic acids is 1. The number of carbonyl (C=O) groups is 1. The number of hydrogen-bond acceptors (Lipinski definition) is 3. The van der Waals surface area contributed by atoms with Crippen LogP contribution in [0.3, 0.4) is 0 Å². The minimum Gasteiger partial charge on any atom is -0.341 e. The Balaban J connectivity index is 1.67. The number of nitrogens with zero attached hydrogens (tertiary/aromatic N) is 1. The molecule has 6 heteroatoms. The van der Waals surface area contributed by atoms with Gasteiger partial charge in [0.1, 0.15) is 5.82 Å². The van der Waals surface area contributed by atoms with Gasteiger partial charge in [0, 0.05) is 33.1 Å². The van der Waals surface area contributed by atoms with E-state index in [9.17, 15) is 9.18 Å². The van der Waals surface area contributed by atoms with E-state index in [1.807, 2.05) is 18.5 Å². The van der Waals surface area contributed by atoms with E-state index in [1.165, 1.54) is 17.0 Å². The van der Waals surface area contributed by atoms with Crippen LogP contribution in [0.1, 0.15) is 17.7 Å². The van der Waals surface area contributed by atoms with Crippen molar-refractivity contribution in [3.8, 4) is 0 Å². The number of thioether (sulfide) groups is 1. The van der Waals surface area contributed by atoms with Crippen molar-refractivity contribution in [2.75, 3.05) is 12.8 Å². The second kappa shape index (κ2) is 8.70. The van der Waals surface area contributed by atoms with Crippen LogP contribution in [0.5, 0.6) is 0 Å². The van der Waals surface area contributed by atoms with Gasteiger partial charge in [-0.25, -0.2) is 4.39 Å². The zero-order valence-electron chi connectivity index (χ0n) is 12.2. The number of amides is 1. The third-order valence-corrected chi connectivity index (χ3v) is 5.84. The SMILES string of the molecule is CN(Cc1cc(Br)cs1)C(=O)CCCSc1ccc(F)cc1. The smallest absolute Gasteiger partial charge is 0.222 e. The molecule has 0 aliphatic heterocycles. The van der Waals surface area contributed by atoms with E-state index in [0.717, 1.165) is 21.5 Å². The highest BCUT2D eigenvalue weighted by molar-refractivity contribution is 9.10. The van der Waals surface area contributed by atoms with Crippen molar-refractivity contribution in [3.05, 3.63) is 50.9 Å². The second-order valence-corrected chi connectivity index (χ2v) is 7.97. The lowest BCUT2D eigenvalue weighted by Gasteiger charge is -2.16. The molecule has 0 atom stereocenters. The van der Waals surface area contributed by atoms with E-state index in [2.05, 4.69) is 15.9 Å². The lowest BCUT2D eigenvalue weighted by atomic mass is 10.3. The standard InChI is InChI=1S/C16H17BrFNOS2/c1-19(10-15-9-12(17)11-22-15)16(20)3-2-8-21-14-6-4-13(18)5-7-14/h4-7,9,11H,2-3,8,10H2,1H3. The average molecular weight is 402 g/mol. The molecule has 0 bridgehead atoms. The Hall–Kier alpha value is -0.850. The number of hydrogen-bond donors (Lipinski definition) is 0. The summed E-state index contributed by atoms with van der Waals surface area (Å²) in [4.78, 5) is 16.0. The van der Waals surface area contributed by atoms with Crippen molar-refractivity contribution in [1.29, 1.82) is 0 Å². The first-order valence-corrected chi connectivity index (χ1v) is 9.55. The van der Waals surface area contributed by atoms with Crippen LogP contribution in [-0.4, -0.2) is 23.6 Å². The van der Waals surface area contributed by atoms with Crippen molar-refractivity contribution in [2.24, 2.45) is 0 Å². The number of benzene rings is 1. The van der Waals surface area contributed by atoms with Gasteiger partial charge in [-0.1, -0.05) is 0 Å². The number of thiophene rings is 1. The maximum atomic E-state index is 12.8. The molecule has 0 saturated carbocycles. The number of halogens is 2. The quantitative estimate of drug-likeness (QED) is 0.470. The lowest BCUT2D eigenvalue weighted by Crippen LogP contribution is -2.25. The summed E-state index contributed by atoms with van der Waals surface area (Å²) in [5.41, 5.74) is 0. The van der Waals surface area contributed by atoms with Crippen LogP contribution >= 0.6 is 39.0 Å². The third kappa shape index (κ3) is 5.74. The molecule has 1 aromatic carbocycles. The normalized spacial score (nSPS) is 10.7. The van der Waals surface area contributed by atoms with Crippen LogP contribution < -0.4 is 0 Å². The average Bonchev–Trinajstić information content (AvgIpc) is 2.90. The van der Waals surface area contributed by atoms with Gasteiger partial charge in [-0.3, -0.25) is 4.79 Å². The molecule has 0 saturated heterocycles. The Labute approximate surface area is 146 Å². The summed E-state index contributed by atoms with van der Waals surface area (Å²) >= 11 is 6.71. The topological polar surface area (TPSA) is 20.3 Å². The van der Waals surface area contributed by atoms with Crippen LogP contribution in [0, 0.1) is 5.82 Å². The second-order valence-electron chi connectivity index (χ2n) is 4.89. The maximum Gasteiger partial charge on any atom is 0.222 e. The molecule has 0 spiro atoms. The fourth-order valence-electron chi connectivity index (χ4n) is 1.89. The van der Waals surface area contributed by atoms with E-state index >= 15 is 0 Å². The molecule has 2 rings (SSSR count). The van der Waals surface area contributed by atoms with Crippen molar-refractivity contribution in [2.45, 2.75) is 24.3 Å². The van der Waals surface area contributed by atoms with Crippen LogP contribution in [0.15, 0.2) is 45.1 Å². The zero-order chi connectivity index (χ0) is 15.9. The van der Waals surface area contributed by atoms with Crippen LogP contribution in [0.25, 0.3) is 0 Å². The van der Waals surface area contributed by atoms with Gasteiger partial charge in [0.05, 0.1) is 6.54 Å². The summed E-state index contributed by atoms with van der Waals surface area (Å²) in [6, 6.07) is 8.49. The predicted octanol–water partition coefficient (Wildman–Crippen LogP) is 5.18. The molecule has 0 N–H and O–H groups in total. The van der Waals surface area contributed by atoms with Crippen molar-refractivity contribution in [1.82, 2.24) is 4.90 Å². The maximum absolute atomic E-state index is 12.8. The minimum absolute atomic E-state index is 0.157. The Morgan fingerprint density at radius 2 is 2.09 bits per heavy atom. The summed E-state index contributed by atoms with van der Waals surface area (Å²) in [7, 11) is 1.84. The van der Waals surface area contributed by atoms with Gasteiger partial charge < -0.3 is 4.90 Å². The summed E-state index contributed by atoms with van der Waals surface area (Å²) in [6.45, 7) is 0.653. The Kier molecular flexibility index (Phi) is 6.92. The molecule has 2 aromatic rings. The van der Waals surface area contributed by atoms with E-state index in [-0.39, 0.29) is 11.7 Å². The van der Waals surface area contributed by atoms with Gasteiger partial charge in [-0.05, 0) is 58.4 Å². The van der Waals surface area contributed by atoms with Gasteiger partial charge in [0.2, 0.25) is 5.91 Å². The molecule has 22 heavy (non-hydrogen) atoms. The highest BCUT2D eigenvalue weighted by Gasteiger charge is 2.10. The molecule has 0 unspecified atom stereocenters. The van der Waals surface area contributed by atoms with Crippen LogP contribution in [-0.2, 0) is 11.3 Å². The Bertz CT molecular complexity index is 615. The first kappa shape index (κ1) is 17.5.